The Morgan fingerprint density at radius 3 is 2.07 bits per heavy atom. The molecular formula is C55H66N7O8PSSi. The summed E-state index contributed by atoms with van der Waals surface area (Å²) < 4.78 is 57.8. The van der Waals surface area contributed by atoms with Crippen LogP contribution in [0.1, 0.15) is 62.6 Å². The summed E-state index contributed by atoms with van der Waals surface area (Å²) in [5.74, 6) is 1.82. The molecular weight excluding hydrogens is 978 g/mol. The fourth-order valence-electron chi connectivity index (χ4n) is 8.94. The third kappa shape index (κ3) is 12.7. The molecule has 1 fully saturated rings. The minimum Gasteiger partial charge on any atom is -0.497 e. The van der Waals surface area contributed by atoms with Crippen molar-refractivity contribution in [2.75, 3.05) is 34.0 Å². The molecule has 3 aromatic heterocycles. The van der Waals surface area contributed by atoms with Crippen molar-refractivity contribution >= 4 is 39.1 Å². The van der Waals surface area contributed by atoms with Gasteiger partial charge in [0.05, 0.1) is 69.9 Å². The van der Waals surface area contributed by atoms with E-state index in [2.05, 4.69) is 104 Å². The molecule has 0 amide bonds. The SMILES string of the molecule is COc1ccc(C(OC[C@H]2O[C@@H](n3cnc4c(OCC[Si](C)(C)C)ncnc43)[C@H](OCc3ccc(-c4cncs4)cc3)[C@@H]2OP(OCCC#N)N(C(C)C)C(C)C)(c2ccccc2)c2ccc(OC)cc2)cc1. The van der Waals surface area contributed by atoms with Crippen molar-refractivity contribution in [3.05, 3.63) is 150 Å². The van der Waals surface area contributed by atoms with Gasteiger partial charge < -0.3 is 37.5 Å². The van der Waals surface area contributed by atoms with Crippen molar-refractivity contribution in [3.63, 3.8) is 0 Å². The van der Waals surface area contributed by atoms with E-state index in [9.17, 15) is 5.26 Å². The van der Waals surface area contributed by atoms with Gasteiger partial charge in [0.1, 0.15) is 41.7 Å². The van der Waals surface area contributed by atoms with Crippen LogP contribution in [-0.2, 0) is 35.5 Å². The number of hydrogen-bond acceptors (Lipinski definition) is 15. The number of ether oxygens (including phenoxy) is 6. The molecule has 1 aliphatic heterocycles. The Bertz CT molecular complexity index is 2790. The number of hydrogen-bond donors (Lipinski definition) is 0. The molecule has 73 heavy (non-hydrogen) atoms. The van der Waals surface area contributed by atoms with Crippen molar-refractivity contribution in [2.45, 2.75) is 109 Å². The molecule has 0 spiro atoms. The predicted octanol–water partition coefficient (Wildman–Crippen LogP) is 11.8. The predicted molar refractivity (Wildman–Crippen MR) is 287 cm³/mol. The van der Waals surface area contributed by atoms with Crippen LogP contribution in [0.5, 0.6) is 17.4 Å². The molecule has 15 nitrogen and oxygen atoms in total. The minimum absolute atomic E-state index is 0.00885. The Balaban J connectivity index is 1.26. The summed E-state index contributed by atoms with van der Waals surface area (Å²) in [6.45, 7) is 16.3. The van der Waals surface area contributed by atoms with Gasteiger partial charge >= 0.3 is 0 Å². The summed E-state index contributed by atoms with van der Waals surface area (Å²) in [5.41, 5.74) is 6.28. The Hall–Kier alpha value is -5.64. The van der Waals surface area contributed by atoms with E-state index >= 15 is 0 Å². The van der Waals surface area contributed by atoms with Gasteiger partial charge in [-0.2, -0.15) is 10.2 Å². The average molecular weight is 1040 g/mol. The van der Waals surface area contributed by atoms with E-state index in [1.807, 2.05) is 83.0 Å². The van der Waals surface area contributed by atoms with Crippen molar-refractivity contribution in [1.82, 2.24) is 29.2 Å². The molecule has 0 aliphatic carbocycles. The van der Waals surface area contributed by atoms with Crippen LogP contribution < -0.4 is 14.2 Å². The molecule has 0 saturated carbocycles. The zero-order chi connectivity index (χ0) is 51.5. The minimum atomic E-state index is -1.82. The summed E-state index contributed by atoms with van der Waals surface area (Å²) in [4.78, 5) is 19.5. The van der Waals surface area contributed by atoms with Crippen LogP contribution in [0.2, 0.25) is 25.7 Å². The lowest BCUT2D eigenvalue weighted by atomic mass is 9.80. The second-order valence-corrected chi connectivity index (χ2v) is 27.4. The summed E-state index contributed by atoms with van der Waals surface area (Å²) in [7, 11) is 0.0747. The summed E-state index contributed by atoms with van der Waals surface area (Å²) >= 11 is 1.59. The molecule has 384 valence electrons. The first-order valence-corrected chi connectivity index (χ1v) is 30.3. The fraction of sp³-hybridized carbons (Fsp3) is 0.400. The van der Waals surface area contributed by atoms with Gasteiger partial charge in [-0.25, -0.2) is 14.6 Å². The number of aromatic nitrogens is 5. The van der Waals surface area contributed by atoms with Crippen molar-refractivity contribution in [3.8, 4) is 33.9 Å². The van der Waals surface area contributed by atoms with Crippen LogP contribution in [0.3, 0.4) is 0 Å². The third-order valence-electron chi connectivity index (χ3n) is 12.6. The standard InChI is InChI=1S/C55H66N7O8PSSi/c1-38(2)62(39(3)4)71(68-29-13-28-56)70-50-47(34-67-55(42-14-11-10-12-15-42,43-20-24-45(63-5)25-21-43)44-22-26-46(64-6)27-23-44)69-54(51(50)66-33-40-16-18-41(19-17-40)48-32-57-37-72-48)61-36-60-49-52(61)58-35-59-53(49)65-30-31-73(7,8)9/h10-12,14-27,32,35-39,47,50-51,54H,13,29-31,33-34H2,1-9H3/t47-,50-,51-,54-,71?/m1/s1. The number of nitrogens with zero attached hydrogens (tertiary/aromatic N) is 7. The van der Waals surface area contributed by atoms with Crippen molar-refractivity contribution in [1.29, 1.82) is 5.26 Å². The van der Waals surface area contributed by atoms with Gasteiger partial charge in [-0.15, -0.1) is 11.3 Å². The molecule has 4 heterocycles. The summed E-state index contributed by atoms with van der Waals surface area (Å²) in [6, 6.07) is 37.5. The number of methoxy groups -OCH3 is 2. The lowest BCUT2D eigenvalue weighted by molar-refractivity contribution is -0.0963. The number of benzene rings is 4. The second-order valence-electron chi connectivity index (χ2n) is 19.5. The Morgan fingerprint density at radius 2 is 1.48 bits per heavy atom. The normalized spacial score (nSPS) is 17.6. The molecule has 4 aromatic carbocycles. The van der Waals surface area contributed by atoms with E-state index in [-0.39, 0.29) is 38.3 Å². The third-order valence-corrected chi connectivity index (χ3v) is 17.3. The second kappa shape index (κ2) is 24.6. The lowest BCUT2D eigenvalue weighted by Gasteiger charge is -2.39. The first-order chi connectivity index (χ1) is 35.3. The monoisotopic (exact) mass is 1040 g/mol. The Labute approximate surface area is 435 Å². The molecule has 0 radical (unpaired) electrons. The largest absolute Gasteiger partial charge is 0.497 e. The van der Waals surface area contributed by atoms with Gasteiger partial charge in [-0.1, -0.05) is 98.5 Å². The van der Waals surface area contributed by atoms with Gasteiger partial charge in [0.2, 0.25) is 5.88 Å². The van der Waals surface area contributed by atoms with Crippen LogP contribution in [0.4, 0.5) is 0 Å². The number of rotatable bonds is 25. The Kier molecular flexibility index (Phi) is 18.1. The highest BCUT2D eigenvalue weighted by atomic mass is 32.1. The van der Waals surface area contributed by atoms with Gasteiger partial charge in [-0.05, 0) is 85.8 Å². The maximum absolute atomic E-state index is 9.69. The Morgan fingerprint density at radius 1 is 0.822 bits per heavy atom. The molecule has 8 rings (SSSR count). The maximum Gasteiger partial charge on any atom is 0.259 e. The highest BCUT2D eigenvalue weighted by molar-refractivity contribution is 7.44. The van der Waals surface area contributed by atoms with E-state index in [4.69, 9.17) is 47.4 Å². The van der Waals surface area contributed by atoms with Crippen LogP contribution >= 0.6 is 19.9 Å². The average Bonchev–Trinajstić information content (AvgIpc) is 4.17. The molecule has 18 heteroatoms. The number of thiazole rings is 1. The molecule has 1 aliphatic rings. The first kappa shape index (κ1) is 53.6. The topological polar surface area (TPSA) is 157 Å². The molecule has 5 atom stereocenters. The fourth-order valence-corrected chi connectivity index (χ4v) is 12.1. The highest BCUT2D eigenvalue weighted by Crippen LogP contribution is 2.52. The maximum atomic E-state index is 9.69. The van der Waals surface area contributed by atoms with E-state index in [1.165, 1.54) is 6.33 Å². The quantitative estimate of drug-likeness (QED) is 0.0230. The zero-order valence-corrected chi connectivity index (χ0v) is 45.8. The van der Waals surface area contributed by atoms with Crippen LogP contribution in [0.25, 0.3) is 21.6 Å². The zero-order valence-electron chi connectivity index (χ0n) is 43.1. The van der Waals surface area contributed by atoms with Gasteiger partial charge in [0.25, 0.3) is 8.53 Å². The number of imidazole rings is 1. The van der Waals surface area contributed by atoms with Crippen molar-refractivity contribution < 1.29 is 37.5 Å². The molecule has 1 saturated heterocycles. The number of nitriles is 1. The van der Waals surface area contributed by atoms with E-state index < -0.39 is 46.7 Å². The van der Waals surface area contributed by atoms with Crippen molar-refractivity contribution in [2.24, 2.45) is 0 Å². The van der Waals surface area contributed by atoms with Gasteiger partial charge in [0, 0.05) is 26.4 Å². The smallest absolute Gasteiger partial charge is 0.259 e. The van der Waals surface area contributed by atoms with Crippen LogP contribution in [-0.4, -0.2) is 102 Å². The highest BCUT2D eigenvalue weighted by Gasteiger charge is 2.52. The first-order valence-electron chi connectivity index (χ1n) is 24.6. The lowest BCUT2D eigenvalue weighted by Crippen LogP contribution is -2.43. The summed E-state index contributed by atoms with van der Waals surface area (Å²) in [6.07, 6.45) is 2.01. The van der Waals surface area contributed by atoms with Gasteiger partial charge in [0.15, 0.2) is 17.4 Å². The molecule has 7 aromatic rings. The van der Waals surface area contributed by atoms with Crippen LogP contribution in [0, 0.1) is 11.3 Å². The van der Waals surface area contributed by atoms with E-state index in [0.29, 0.717) is 35.1 Å². The van der Waals surface area contributed by atoms with Crippen LogP contribution in [0.15, 0.2) is 127 Å². The molecule has 1 unspecified atom stereocenters. The molecule has 0 N–H and O–H groups in total. The van der Waals surface area contributed by atoms with E-state index in [0.717, 1.165) is 38.7 Å². The van der Waals surface area contributed by atoms with Gasteiger partial charge in [-0.3, -0.25) is 9.55 Å². The summed E-state index contributed by atoms with van der Waals surface area (Å²) in [5, 5.41) is 9.69. The molecule has 0 bridgehead atoms. The number of fused-ring (bicyclic) bond motifs is 1. The van der Waals surface area contributed by atoms with E-state index in [1.54, 1.807) is 31.9 Å².